The Hall–Kier alpha value is 1.30. The van der Waals surface area contributed by atoms with Crippen molar-refractivity contribution in [2.24, 2.45) is 0 Å². The number of nitrogens with zero attached hydrogens (tertiary/aromatic N) is 4. The molecule has 0 aliphatic carbocycles. The number of anilines is 1. The summed E-state index contributed by atoms with van der Waals surface area (Å²) in [6.45, 7) is -0.390. The van der Waals surface area contributed by atoms with E-state index in [2.05, 4.69) is 15.0 Å². The smallest absolute Gasteiger partial charge is 0.822 e. The molecule has 2 aromatic heterocycles. The van der Waals surface area contributed by atoms with Crippen LogP contribution in [0.15, 0.2) is 12.7 Å². The Morgan fingerprint density at radius 1 is 1.15 bits per heavy atom. The predicted octanol–water partition coefficient (Wildman–Crippen LogP) is -13.8. The molecule has 0 amide bonds. The molecule has 0 saturated carbocycles. The Balaban J connectivity index is 0. The van der Waals surface area contributed by atoms with Gasteiger partial charge in [-0.3, -0.25) is 4.57 Å². The molecule has 0 spiro atoms. The van der Waals surface area contributed by atoms with Gasteiger partial charge in [-0.1, -0.05) is 0 Å². The van der Waals surface area contributed by atoms with Gasteiger partial charge in [-0.15, -0.1) is 0 Å². The van der Waals surface area contributed by atoms with Crippen LogP contribution in [0.1, 0.15) is 6.23 Å². The van der Waals surface area contributed by atoms with Crippen molar-refractivity contribution in [3.63, 3.8) is 0 Å². The Morgan fingerprint density at radius 3 is 2.19 bits per heavy atom. The Morgan fingerprint density at radius 2 is 1.70 bits per heavy atom. The van der Waals surface area contributed by atoms with E-state index in [1.54, 1.807) is 0 Å². The predicted molar refractivity (Wildman–Crippen MR) is 70.4 cm³/mol. The fraction of sp³-hybridized carbons (Fsp3) is 0.500. The summed E-state index contributed by atoms with van der Waals surface area (Å²) < 4.78 is 15.4. The zero-order chi connectivity index (χ0) is 18.1. The van der Waals surface area contributed by atoms with E-state index >= 15 is 0 Å². The van der Waals surface area contributed by atoms with Crippen LogP contribution in [0, 0.1) is 0 Å². The number of aliphatic hydroxyl groups excluding tert-OH is 3. The molecule has 4 atom stereocenters. The van der Waals surface area contributed by atoms with Gasteiger partial charge in [0, 0.05) is 0 Å². The van der Waals surface area contributed by atoms with E-state index < -0.39 is 39.0 Å². The van der Waals surface area contributed by atoms with Crippen molar-refractivity contribution in [3.05, 3.63) is 12.7 Å². The molecule has 1 aliphatic heterocycles. The molecule has 0 aromatic carbocycles. The minimum Gasteiger partial charge on any atom is -0.822 e. The summed E-state index contributed by atoms with van der Waals surface area (Å²) in [4.78, 5) is 37.5. The first-order chi connectivity index (χ1) is 11.1. The van der Waals surface area contributed by atoms with Gasteiger partial charge in [-0.05, 0) is 0 Å². The second-order valence-electron chi connectivity index (χ2n) is 4.76. The summed E-state index contributed by atoms with van der Waals surface area (Å²) in [6.07, 6.45) is -1.42. The Bertz CT molecular complexity index is 755. The van der Waals surface area contributed by atoms with Crippen LogP contribution in [0.4, 0.5) is 5.82 Å². The number of nitrogen functional groups attached to an aromatic ring is 1. The second-order valence-corrected chi connectivity index (χ2v) is 5.65. The van der Waals surface area contributed by atoms with Crippen LogP contribution < -0.4 is 109 Å². The third-order valence-corrected chi connectivity index (χ3v) is 3.18. The third-order valence-electron chi connectivity index (χ3n) is 3.18. The van der Waals surface area contributed by atoms with E-state index in [0.717, 1.165) is 0 Å². The van der Waals surface area contributed by atoms with Crippen molar-refractivity contribution in [1.82, 2.24) is 19.5 Å². The summed E-state index contributed by atoms with van der Waals surface area (Å²) in [5.41, 5.74) is 6.44. The second kappa shape index (κ2) is 12.9. The number of imidazole rings is 1. The number of ether oxygens (including phenoxy) is 1. The molecule has 1 fully saturated rings. The third kappa shape index (κ3) is 8.15. The maximum absolute atomic E-state index is 9.95. The van der Waals surface area contributed by atoms with Crippen LogP contribution in [0.2, 0.25) is 0 Å². The molecule has 2 aromatic rings. The van der Waals surface area contributed by atoms with E-state index in [1.807, 2.05) is 0 Å². The average molecular weight is 431 g/mol. The van der Waals surface area contributed by atoms with Gasteiger partial charge < -0.3 is 45.0 Å². The number of rotatable bonds is 2. The molecule has 27 heavy (non-hydrogen) atoms. The fourth-order valence-corrected chi connectivity index (χ4v) is 2.17. The monoisotopic (exact) mass is 431 g/mol. The molecule has 134 valence electrons. The zero-order valence-electron chi connectivity index (χ0n) is 14.9. The van der Waals surface area contributed by atoms with Gasteiger partial charge in [0.15, 0.2) is 17.7 Å². The first-order valence-corrected chi connectivity index (χ1v) is 7.88. The molecule has 5 N–H and O–H groups in total. The maximum atomic E-state index is 9.95. The Labute approximate surface area is 219 Å². The van der Waals surface area contributed by atoms with Crippen LogP contribution >= 0.6 is 7.82 Å². The minimum atomic E-state index is -5.39. The number of hydrogen-bond acceptors (Lipinski definition) is 12. The minimum absolute atomic E-state index is 0. The largest absolute Gasteiger partial charge is 1.00 e. The molecule has 0 unspecified atom stereocenters. The van der Waals surface area contributed by atoms with Crippen LogP contribution in [0.3, 0.4) is 0 Å². The quantitative estimate of drug-likeness (QED) is 0.257. The van der Waals surface area contributed by atoms with Gasteiger partial charge in [0.2, 0.25) is 0 Å². The van der Waals surface area contributed by atoms with Gasteiger partial charge in [-0.25, -0.2) is 15.0 Å². The van der Waals surface area contributed by atoms with Crippen molar-refractivity contribution in [2.75, 3.05) is 12.3 Å². The first kappa shape index (κ1) is 30.5. The van der Waals surface area contributed by atoms with E-state index in [-0.39, 0.29) is 94.5 Å². The summed E-state index contributed by atoms with van der Waals surface area (Å²) in [6, 6.07) is 0. The normalized spacial score (nSPS) is 24.1. The summed E-state index contributed by atoms with van der Waals surface area (Å²) in [5, 5.41) is 28.7. The van der Waals surface area contributed by atoms with Gasteiger partial charge in [0.25, 0.3) is 0 Å². The van der Waals surface area contributed by atoms with E-state index in [4.69, 9.17) is 34.8 Å². The standard InChI is InChI=1S/C10H13N5O4.3Na.H3O4P/c11-8-5-9(13-2-12-8)15(3-14-5)10-7(18)6(17)4(1-16)19-10;;;;1-5(2,3)4/h2-4,6-7,10,16-18H,1H2,(H2,11,12,13);;;;(H3,1,2,3,4)/q;3*+1;/p-3/t4-,6-,7-,10-;;;;/m1..../s1. The number of nitrogens with two attached hydrogens (primary N) is 1. The molecule has 0 radical (unpaired) electrons. The van der Waals surface area contributed by atoms with Crippen molar-refractivity contribution in [3.8, 4) is 0 Å². The SMILES string of the molecule is Nc1ncnc2c1ncn2[C@@H]1O[C@H](CO)[C@@H](O)[C@H]1O.O=P([O-])([O-])[O-].[Na+].[Na+].[Na+]. The van der Waals surface area contributed by atoms with E-state index in [1.165, 1.54) is 17.2 Å². The fourth-order valence-electron chi connectivity index (χ4n) is 2.17. The zero-order valence-corrected chi connectivity index (χ0v) is 21.8. The van der Waals surface area contributed by atoms with Crippen molar-refractivity contribution in [1.29, 1.82) is 0 Å². The van der Waals surface area contributed by atoms with Crippen molar-refractivity contribution in [2.45, 2.75) is 24.5 Å². The molecule has 13 nitrogen and oxygen atoms in total. The number of fused-ring (bicyclic) bond motifs is 1. The molecule has 1 aliphatic rings. The molecular weight excluding hydrogens is 418 g/mol. The van der Waals surface area contributed by atoms with E-state index in [0.29, 0.717) is 11.2 Å². The van der Waals surface area contributed by atoms with Gasteiger partial charge in [0.1, 0.15) is 30.2 Å². The van der Waals surface area contributed by atoms with Crippen molar-refractivity contribution < 1.29 is 128 Å². The van der Waals surface area contributed by atoms with Gasteiger partial charge >= 0.3 is 88.7 Å². The van der Waals surface area contributed by atoms with Crippen LogP contribution in [-0.2, 0) is 9.30 Å². The maximum Gasteiger partial charge on any atom is 1.00 e. The Kier molecular flexibility index (Phi) is 14.5. The first-order valence-electron chi connectivity index (χ1n) is 6.42. The molecule has 17 heteroatoms. The summed E-state index contributed by atoms with van der Waals surface area (Å²) in [5.74, 6) is 0.218. The molecule has 1 saturated heterocycles. The molecule has 0 bridgehead atoms. The van der Waals surface area contributed by atoms with Crippen molar-refractivity contribution >= 4 is 24.8 Å². The number of hydrogen-bond donors (Lipinski definition) is 4. The molecule has 3 rings (SSSR count). The van der Waals surface area contributed by atoms with Crippen LogP contribution in [0.25, 0.3) is 11.2 Å². The number of phosphoric acid groups is 1. The summed E-state index contributed by atoms with van der Waals surface area (Å²) >= 11 is 0. The molecular formula is C10H13N5Na3O8P. The van der Waals surface area contributed by atoms with Gasteiger partial charge in [-0.2, -0.15) is 7.82 Å². The van der Waals surface area contributed by atoms with E-state index in [9.17, 15) is 10.2 Å². The van der Waals surface area contributed by atoms with Crippen LogP contribution in [-0.4, -0.2) is 59.8 Å². The van der Waals surface area contributed by atoms with Gasteiger partial charge in [0.05, 0.1) is 12.9 Å². The topological polar surface area (TPSA) is 226 Å². The van der Waals surface area contributed by atoms with Crippen LogP contribution in [0.5, 0.6) is 0 Å². The molecule has 3 heterocycles. The number of aromatic nitrogens is 4. The number of aliphatic hydroxyl groups is 3. The summed E-state index contributed by atoms with van der Waals surface area (Å²) in [7, 11) is -5.39. The average Bonchev–Trinajstić information content (AvgIpc) is 3.01.